The van der Waals surface area contributed by atoms with Gasteiger partial charge in [-0.05, 0) is 110 Å². The number of aliphatic hydroxyl groups excluding tert-OH is 2. The molecule has 0 heterocycles. The highest BCUT2D eigenvalue weighted by Crippen LogP contribution is 2.65. The van der Waals surface area contributed by atoms with E-state index in [-0.39, 0.29) is 30.7 Å². The number of ketones is 3. The zero-order chi connectivity index (χ0) is 34.1. The largest absolute Gasteiger partial charge is 0.506 e. The lowest BCUT2D eigenvalue weighted by Gasteiger charge is -2.60. The van der Waals surface area contributed by atoms with E-state index < -0.39 is 62.5 Å². The van der Waals surface area contributed by atoms with Crippen LogP contribution in [0.3, 0.4) is 0 Å². The molecule has 0 aromatic heterocycles. The highest BCUT2D eigenvalue weighted by atomic mass is 16.3. The van der Waals surface area contributed by atoms with Gasteiger partial charge in [-0.2, -0.15) is 0 Å². The van der Waals surface area contributed by atoms with Crippen molar-refractivity contribution in [2.24, 2.45) is 22.2 Å². The number of phenols is 2. The van der Waals surface area contributed by atoms with E-state index >= 15 is 0 Å². The van der Waals surface area contributed by atoms with Crippen LogP contribution in [0.15, 0.2) is 70.9 Å². The Bertz CT molecular complexity index is 1510. The number of aliphatic hydroxyl groups is 2. The second kappa shape index (κ2) is 13.3. The molecule has 0 unspecified atom stereocenters. The lowest BCUT2D eigenvalue weighted by atomic mass is 9.38. The summed E-state index contributed by atoms with van der Waals surface area (Å²) in [6.07, 6.45) is 7.30. The smallest absolute Gasteiger partial charge is 0.184 e. The average molecular weight is 619 g/mol. The Morgan fingerprint density at radius 1 is 0.933 bits per heavy atom. The molecule has 4 atom stereocenters. The molecule has 0 amide bonds. The third-order valence-electron chi connectivity index (χ3n) is 10.1. The highest BCUT2D eigenvalue weighted by Gasteiger charge is 2.73. The number of rotatable bonds is 11. The van der Waals surface area contributed by atoms with Crippen LogP contribution in [-0.2, 0) is 14.4 Å². The molecule has 3 rings (SSSR count). The third-order valence-corrected chi connectivity index (χ3v) is 10.1. The lowest BCUT2D eigenvalue weighted by Crippen LogP contribution is -2.69. The van der Waals surface area contributed by atoms with Crippen LogP contribution in [-0.4, -0.2) is 43.9 Å². The van der Waals surface area contributed by atoms with E-state index in [4.69, 9.17) is 0 Å². The van der Waals surface area contributed by atoms with Crippen molar-refractivity contribution in [2.45, 2.75) is 100 Å². The summed E-state index contributed by atoms with van der Waals surface area (Å²) in [5.74, 6) is -3.60. The highest BCUT2D eigenvalue weighted by molar-refractivity contribution is 6.41. The first-order valence-corrected chi connectivity index (χ1v) is 15.7. The quantitative estimate of drug-likeness (QED) is 0.0495. The van der Waals surface area contributed by atoms with Gasteiger partial charge in [0, 0.05) is 5.56 Å². The van der Waals surface area contributed by atoms with Crippen LogP contribution in [0.25, 0.3) is 5.76 Å². The first-order chi connectivity index (χ1) is 20.8. The zero-order valence-electron chi connectivity index (χ0n) is 28.1. The van der Waals surface area contributed by atoms with Gasteiger partial charge in [-0.3, -0.25) is 14.4 Å². The van der Waals surface area contributed by atoms with Gasteiger partial charge >= 0.3 is 0 Å². The summed E-state index contributed by atoms with van der Waals surface area (Å²) in [7, 11) is 0. The summed E-state index contributed by atoms with van der Waals surface area (Å²) in [5.41, 5.74) is -0.978. The van der Waals surface area contributed by atoms with Gasteiger partial charge in [-0.25, -0.2) is 0 Å². The normalized spacial score (nSPS) is 26.3. The van der Waals surface area contributed by atoms with Crippen molar-refractivity contribution in [3.63, 3.8) is 0 Å². The number of hydrogen-bond donors (Lipinski definition) is 4. The topological polar surface area (TPSA) is 132 Å². The first-order valence-electron chi connectivity index (χ1n) is 15.7. The summed E-state index contributed by atoms with van der Waals surface area (Å²) < 4.78 is 0. The van der Waals surface area contributed by atoms with E-state index in [2.05, 4.69) is 12.7 Å². The van der Waals surface area contributed by atoms with Crippen molar-refractivity contribution in [1.29, 1.82) is 0 Å². The number of fused-ring (bicyclic) bond motifs is 2. The third kappa shape index (κ3) is 6.51. The van der Waals surface area contributed by atoms with E-state index in [0.29, 0.717) is 24.8 Å². The van der Waals surface area contributed by atoms with E-state index in [0.717, 1.165) is 22.8 Å². The zero-order valence-corrected chi connectivity index (χ0v) is 28.1. The molecule has 1 aromatic rings. The van der Waals surface area contributed by atoms with Crippen LogP contribution in [0, 0.1) is 22.2 Å². The minimum atomic E-state index is -1.64. The second-order valence-electron chi connectivity index (χ2n) is 14.2. The fraction of sp³-hybridized carbons (Fsp3) is 0.500. The summed E-state index contributed by atoms with van der Waals surface area (Å²) in [4.78, 5) is 44.3. The average Bonchev–Trinajstić information content (AvgIpc) is 2.95. The van der Waals surface area contributed by atoms with Crippen LogP contribution >= 0.6 is 0 Å². The number of aromatic hydroxyl groups is 2. The van der Waals surface area contributed by atoms with Crippen LogP contribution in [0.1, 0.15) is 99.5 Å². The molecular formula is C38H50O7. The van der Waals surface area contributed by atoms with Gasteiger partial charge in [0.1, 0.15) is 16.7 Å². The van der Waals surface area contributed by atoms with Crippen molar-refractivity contribution in [2.75, 3.05) is 0 Å². The number of carbonyl (C=O) groups excluding carboxylic acids is 3. The molecule has 0 radical (unpaired) electrons. The Hall–Kier alpha value is -3.71. The van der Waals surface area contributed by atoms with Crippen molar-refractivity contribution in [3.8, 4) is 11.5 Å². The first kappa shape index (κ1) is 35.8. The van der Waals surface area contributed by atoms with Crippen molar-refractivity contribution >= 4 is 23.1 Å². The molecule has 2 fully saturated rings. The Balaban J connectivity index is 2.30. The molecule has 7 heteroatoms. The molecule has 2 bridgehead atoms. The van der Waals surface area contributed by atoms with E-state index in [1.54, 1.807) is 6.92 Å². The molecule has 1 aromatic carbocycles. The molecule has 0 spiro atoms. The van der Waals surface area contributed by atoms with Gasteiger partial charge in [0.05, 0.1) is 11.5 Å². The minimum Gasteiger partial charge on any atom is -0.506 e. The van der Waals surface area contributed by atoms with Gasteiger partial charge in [0.15, 0.2) is 28.8 Å². The molecule has 2 saturated carbocycles. The Morgan fingerprint density at radius 2 is 1.53 bits per heavy atom. The van der Waals surface area contributed by atoms with E-state index in [9.17, 15) is 34.8 Å². The summed E-state index contributed by atoms with van der Waals surface area (Å²) in [6.45, 7) is 19.0. The number of phenolic OH excluding ortho intramolecular Hbond substituents is 2. The fourth-order valence-corrected chi connectivity index (χ4v) is 6.88. The Kier molecular flexibility index (Phi) is 10.6. The van der Waals surface area contributed by atoms with Crippen LogP contribution in [0.2, 0.25) is 0 Å². The van der Waals surface area contributed by atoms with Crippen molar-refractivity contribution in [1.82, 2.24) is 0 Å². The molecule has 2 aliphatic carbocycles. The molecule has 2 aliphatic rings. The SMILES string of the molecule is C=C(C)[C@H](O)CC/C(C)=C/C[C@H]1C[C@]2(CC=C(C)C)C(=O)C(=C(O)c3ccc(O)c(O)c3)C(=O)[C@@](CC=C(C)C)(C2=O)C1(C)C. The summed E-state index contributed by atoms with van der Waals surface area (Å²) in [5, 5.41) is 41.8. The molecule has 0 aliphatic heterocycles. The predicted octanol–water partition coefficient (Wildman–Crippen LogP) is 7.87. The number of benzene rings is 1. The maximum absolute atomic E-state index is 14.9. The van der Waals surface area contributed by atoms with Gasteiger partial charge in [-0.1, -0.05) is 60.9 Å². The molecule has 45 heavy (non-hydrogen) atoms. The van der Waals surface area contributed by atoms with Crippen LogP contribution < -0.4 is 0 Å². The number of carbonyl (C=O) groups is 3. The van der Waals surface area contributed by atoms with Gasteiger partial charge in [0.25, 0.3) is 0 Å². The Morgan fingerprint density at radius 3 is 2.09 bits per heavy atom. The van der Waals surface area contributed by atoms with E-state index in [1.807, 2.05) is 60.6 Å². The number of allylic oxidation sites excluding steroid dienone is 7. The summed E-state index contributed by atoms with van der Waals surface area (Å²) in [6, 6.07) is 3.59. The molecule has 7 nitrogen and oxygen atoms in total. The van der Waals surface area contributed by atoms with Crippen LogP contribution in [0.4, 0.5) is 0 Å². The number of hydrogen-bond acceptors (Lipinski definition) is 7. The number of Topliss-reactive ketones (excluding diaryl/α,β-unsaturated/α-hetero) is 3. The molecule has 4 N–H and O–H groups in total. The molecule has 0 saturated heterocycles. The maximum Gasteiger partial charge on any atom is 0.184 e. The minimum absolute atomic E-state index is 0.00554. The van der Waals surface area contributed by atoms with E-state index in [1.165, 1.54) is 12.1 Å². The predicted molar refractivity (Wildman–Crippen MR) is 178 cm³/mol. The Labute approximate surface area is 267 Å². The molecular weight excluding hydrogens is 568 g/mol. The monoisotopic (exact) mass is 618 g/mol. The van der Waals surface area contributed by atoms with Crippen molar-refractivity contribution < 1.29 is 34.8 Å². The van der Waals surface area contributed by atoms with Crippen LogP contribution in [0.5, 0.6) is 11.5 Å². The summed E-state index contributed by atoms with van der Waals surface area (Å²) >= 11 is 0. The fourth-order valence-electron chi connectivity index (χ4n) is 6.88. The standard InChI is InChI=1S/C38H50O7/c1-22(2)16-18-37-21-27(13-10-25(7)11-14-28(39)24(5)6)36(8,9)38(35(37)45,19-17-23(3)4)34(44)31(33(37)43)32(42)26-12-15-29(40)30(41)20-26/h10,12,15-17,20,27-28,39-42H,5,11,13-14,18-19,21H2,1-4,6-9H3/b25-10+,32-31?/t27-,28+,37+,38-/m0/s1. The van der Waals surface area contributed by atoms with Gasteiger partial charge in [-0.15, -0.1) is 0 Å². The maximum atomic E-state index is 14.9. The van der Waals surface area contributed by atoms with Gasteiger partial charge < -0.3 is 20.4 Å². The second-order valence-corrected chi connectivity index (χ2v) is 14.2. The van der Waals surface area contributed by atoms with Gasteiger partial charge in [0.2, 0.25) is 0 Å². The molecule has 244 valence electrons. The lowest BCUT2D eigenvalue weighted by molar-refractivity contribution is -0.176. The van der Waals surface area contributed by atoms with Crippen molar-refractivity contribution in [3.05, 3.63) is 76.4 Å².